The molecule has 2 rings (SSSR count). The molecular weight excluding hydrogens is 543 g/mol. The molecule has 0 spiro atoms. The van der Waals surface area contributed by atoms with E-state index in [1.807, 2.05) is 0 Å². The van der Waals surface area contributed by atoms with Gasteiger partial charge in [-0.15, -0.1) is 24.0 Å². The summed E-state index contributed by atoms with van der Waals surface area (Å²) in [5.74, 6) is 0.0548. The minimum Gasteiger partial charge on any atom is -0.375 e. The first-order chi connectivity index (χ1) is 13.6. The van der Waals surface area contributed by atoms with Gasteiger partial charge in [-0.2, -0.15) is 17.5 Å². The third-order valence-electron chi connectivity index (χ3n) is 4.63. The van der Waals surface area contributed by atoms with Crippen LogP contribution >= 0.6 is 24.0 Å². The van der Waals surface area contributed by atoms with Crippen molar-refractivity contribution in [2.24, 2.45) is 4.99 Å². The van der Waals surface area contributed by atoms with E-state index in [1.54, 1.807) is 12.1 Å². The second kappa shape index (κ2) is 11.4. The molecule has 1 unspecified atom stereocenters. The van der Waals surface area contributed by atoms with Crippen LogP contribution in [0.5, 0.6) is 0 Å². The smallest absolute Gasteiger partial charge is 0.375 e. The second-order valence-electron chi connectivity index (χ2n) is 6.50. The molecule has 1 saturated heterocycles. The topological polar surface area (TPSA) is 83.0 Å². The van der Waals surface area contributed by atoms with Crippen LogP contribution in [0.2, 0.25) is 0 Å². The maximum Gasteiger partial charge on any atom is 0.511 e. The van der Waals surface area contributed by atoms with E-state index in [9.17, 15) is 26.0 Å². The zero-order chi connectivity index (χ0) is 21.7. The number of nitrogens with zero attached hydrogens (tertiary/aromatic N) is 2. The molecule has 172 valence electrons. The highest BCUT2D eigenvalue weighted by atomic mass is 127. The number of aliphatic imine (C=N–C) groups is 1. The van der Waals surface area contributed by atoms with Crippen LogP contribution < -0.4 is 10.6 Å². The van der Waals surface area contributed by atoms with Gasteiger partial charge in [-0.05, 0) is 30.5 Å². The van der Waals surface area contributed by atoms with Crippen molar-refractivity contribution >= 4 is 40.0 Å². The Hall–Kier alpha value is -1.19. The van der Waals surface area contributed by atoms with Gasteiger partial charge < -0.3 is 15.4 Å². The summed E-state index contributed by atoms with van der Waals surface area (Å²) >= 11 is 0. The summed E-state index contributed by atoms with van der Waals surface area (Å²) in [4.78, 5) is 4.07. The van der Waals surface area contributed by atoms with Gasteiger partial charge in [-0.25, -0.2) is 12.8 Å². The van der Waals surface area contributed by atoms with E-state index in [4.69, 9.17) is 4.74 Å². The lowest BCUT2D eigenvalue weighted by atomic mass is 10.1. The molecule has 1 atom stereocenters. The lowest BCUT2D eigenvalue weighted by molar-refractivity contribution is -0.0494. The van der Waals surface area contributed by atoms with Crippen LogP contribution in [0.15, 0.2) is 29.3 Å². The number of hydrogen-bond donors (Lipinski definition) is 2. The Morgan fingerprint density at radius 1 is 1.27 bits per heavy atom. The Balaban J connectivity index is 0.00000450. The minimum absolute atomic E-state index is 0. The monoisotopic (exact) mass is 568 g/mol. The molecule has 7 nitrogen and oxygen atoms in total. The largest absolute Gasteiger partial charge is 0.511 e. The number of ether oxygens (including phenoxy) is 1. The molecule has 0 radical (unpaired) electrons. The molecular formula is C17H25F4IN4O3S. The molecule has 13 heteroatoms. The van der Waals surface area contributed by atoms with Gasteiger partial charge in [-0.1, -0.05) is 12.1 Å². The van der Waals surface area contributed by atoms with E-state index in [0.717, 1.165) is 5.56 Å². The third kappa shape index (κ3) is 6.92. The normalized spacial score (nSPS) is 17.9. The van der Waals surface area contributed by atoms with Crippen LogP contribution in [0.4, 0.5) is 17.6 Å². The highest BCUT2D eigenvalue weighted by molar-refractivity contribution is 14.0. The fourth-order valence-corrected chi connectivity index (χ4v) is 3.96. The first-order valence-electron chi connectivity index (χ1n) is 8.90. The van der Waals surface area contributed by atoms with Crippen molar-refractivity contribution in [1.82, 2.24) is 14.9 Å². The van der Waals surface area contributed by atoms with E-state index < -0.39 is 15.5 Å². The number of piperidine rings is 1. The van der Waals surface area contributed by atoms with Gasteiger partial charge in [0.05, 0.1) is 6.10 Å². The van der Waals surface area contributed by atoms with Crippen LogP contribution in [-0.2, 0) is 14.8 Å². The molecule has 1 aromatic rings. The zero-order valence-electron chi connectivity index (χ0n) is 16.4. The van der Waals surface area contributed by atoms with Gasteiger partial charge in [0.2, 0.25) is 0 Å². The first-order valence-corrected chi connectivity index (χ1v) is 10.3. The van der Waals surface area contributed by atoms with Crippen LogP contribution in [0, 0.1) is 5.82 Å². The molecule has 1 aliphatic heterocycles. The molecule has 0 bridgehead atoms. The number of nitrogens with one attached hydrogen (secondary N) is 2. The van der Waals surface area contributed by atoms with Crippen molar-refractivity contribution in [2.45, 2.75) is 30.5 Å². The molecule has 0 aromatic heterocycles. The Morgan fingerprint density at radius 3 is 2.30 bits per heavy atom. The van der Waals surface area contributed by atoms with Gasteiger partial charge in [0.25, 0.3) is 0 Å². The molecule has 1 aliphatic rings. The molecule has 0 amide bonds. The van der Waals surface area contributed by atoms with E-state index in [0.29, 0.717) is 16.8 Å². The summed E-state index contributed by atoms with van der Waals surface area (Å²) in [6, 6.07) is 5.65. The summed E-state index contributed by atoms with van der Waals surface area (Å²) in [6.45, 7) is -0.136. The van der Waals surface area contributed by atoms with Crippen molar-refractivity contribution < 1.29 is 30.7 Å². The van der Waals surface area contributed by atoms with E-state index in [1.165, 1.54) is 26.3 Å². The molecule has 1 heterocycles. The van der Waals surface area contributed by atoms with Crippen molar-refractivity contribution in [3.8, 4) is 0 Å². The number of sulfonamides is 1. The van der Waals surface area contributed by atoms with E-state index in [2.05, 4.69) is 15.6 Å². The van der Waals surface area contributed by atoms with Crippen molar-refractivity contribution in [3.05, 3.63) is 35.6 Å². The highest BCUT2D eigenvalue weighted by Crippen LogP contribution is 2.29. The zero-order valence-corrected chi connectivity index (χ0v) is 19.6. The predicted octanol–water partition coefficient (Wildman–Crippen LogP) is 2.61. The summed E-state index contributed by atoms with van der Waals surface area (Å²) in [5.41, 5.74) is -4.53. The van der Waals surface area contributed by atoms with Crippen molar-refractivity contribution in [2.75, 3.05) is 33.8 Å². The number of hydrogen-bond acceptors (Lipinski definition) is 4. The fourth-order valence-electron chi connectivity index (χ4n) is 2.98. The number of methoxy groups -OCH3 is 1. The quantitative estimate of drug-likeness (QED) is 0.239. The Bertz CT molecular complexity index is 798. The molecule has 2 N–H and O–H groups in total. The number of benzene rings is 1. The predicted molar refractivity (Wildman–Crippen MR) is 116 cm³/mol. The summed E-state index contributed by atoms with van der Waals surface area (Å²) in [6.07, 6.45) is 0.0523. The first kappa shape index (κ1) is 26.8. The fraction of sp³-hybridized carbons (Fsp3) is 0.588. The molecule has 1 aromatic carbocycles. The van der Waals surface area contributed by atoms with Crippen LogP contribution in [0.1, 0.15) is 24.5 Å². The van der Waals surface area contributed by atoms with Gasteiger partial charge in [0.1, 0.15) is 5.82 Å². The van der Waals surface area contributed by atoms with Gasteiger partial charge in [0.15, 0.2) is 5.96 Å². The van der Waals surface area contributed by atoms with E-state index >= 15 is 0 Å². The highest BCUT2D eigenvalue weighted by Gasteiger charge is 2.50. The van der Waals surface area contributed by atoms with Crippen LogP contribution in [0.3, 0.4) is 0 Å². The lowest BCUT2D eigenvalue weighted by Gasteiger charge is -2.32. The molecule has 0 saturated carbocycles. The second-order valence-corrected chi connectivity index (χ2v) is 8.43. The van der Waals surface area contributed by atoms with Gasteiger partial charge >= 0.3 is 15.5 Å². The van der Waals surface area contributed by atoms with Crippen LogP contribution in [-0.4, -0.2) is 64.0 Å². The number of alkyl halides is 3. The van der Waals surface area contributed by atoms with Crippen LogP contribution in [0.25, 0.3) is 0 Å². The third-order valence-corrected chi connectivity index (χ3v) is 6.26. The standard InChI is InChI=1S/C17H24F4N4O3S.HI/c1-22-16(23-11-15(28-2)12-3-5-13(18)6-4-12)24-14-7-9-25(10-8-14)29(26,27)17(19,20)21;/h3-6,14-15H,7-11H2,1-2H3,(H2,22,23,24);1H. The molecule has 1 fully saturated rings. The summed E-state index contributed by atoms with van der Waals surface area (Å²) < 4.78 is 79.8. The van der Waals surface area contributed by atoms with Crippen molar-refractivity contribution in [1.29, 1.82) is 0 Å². The molecule has 0 aliphatic carbocycles. The van der Waals surface area contributed by atoms with Gasteiger partial charge in [0, 0.05) is 39.8 Å². The average molecular weight is 568 g/mol. The average Bonchev–Trinajstić information content (AvgIpc) is 2.68. The maximum atomic E-state index is 13.1. The Morgan fingerprint density at radius 2 is 1.83 bits per heavy atom. The number of guanidine groups is 1. The maximum absolute atomic E-state index is 13.1. The minimum atomic E-state index is -5.30. The number of rotatable bonds is 6. The van der Waals surface area contributed by atoms with E-state index in [-0.39, 0.29) is 67.9 Å². The summed E-state index contributed by atoms with van der Waals surface area (Å²) in [7, 11) is -2.24. The Labute approximate surface area is 190 Å². The van der Waals surface area contributed by atoms with Crippen molar-refractivity contribution in [3.63, 3.8) is 0 Å². The summed E-state index contributed by atoms with van der Waals surface area (Å²) in [5, 5.41) is 6.13. The number of halogens is 5. The molecule has 30 heavy (non-hydrogen) atoms. The SMILES string of the molecule is CN=C(NCC(OC)c1ccc(F)cc1)NC1CCN(S(=O)(=O)C(F)(F)F)CC1.I. The van der Waals surface area contributed by atoms with Gasteiger partial charge in [-0.3, -0.25) is 4.99 Å². The lowest BCUT2D eigenvalue weighted by Crippen LogP contribution is -2.52. The Kier molecular flexibility index (Phi) is 10.2.